The molecule has 0 saturated heterocycles. The van der Waals surface area contributed by atoms with E-state index in [1.807, 2.05) is 25.0 Å². The molecule has 3 heteroatoms. The molecule has 19 heavy (non-hydrogen) atoms. The molecule has 1 atom stereocenters. The Morgan fingerprint density at radius 1 is 1.11 bits per heavy atom. The van der Waals surface area contributed by atoms with E-state index in [2.05, 4.69) is 23.5 Å². The molecule has 0 radical (unpaired) electrons. The van der Waals surface area contributed by atoms with Gasteiger partial charge in [-0.25, -0.2) is 0 Å². The molecule has 0 aliphatic rings. The number of unbranched alkanes of at least 4 members (excludes halogenated alkanes) is 7. The van der Waals surface area contributed by atoms with Crippen molar-refractivity contribution in [2.24, 2.45) is 7.05 Å². The van der Waals surface area contributed by atoms with E-state index >= 15 is 0 Å². The third kappa shape index (κ3) is 6.76. The van der Waals surface area contributed by atoms with E-state index in [1.165, 1.54) is 63.4 Å². The lowest BCUT2D eigenvalue weighted by atomic mass is 10.0. The average molecular weight is 265 g/mol. The Bertz CT molecular complexity index is 320. The first-order chi connectivity index (χ1) is 9.27. The van der Waals surface area contributed by atoms with Crippen molar-refractivity contribution in [3.8, 4) is 0 Å². The fourth-order valence-corrected chi connectivity index (χ4v) is 2.58. The van der Waals surface area contributed by atoms with Crippen LogP contribution in [-0.4, -0.2) is 16.8 Å². The van der Waals surface area contributed by atoms with Crippen molar-refractivity contribution in [1.29, 1.82) is 0 Å². The Hall–Kier alpha value is -0.830. The lowest BCUT2D eigenvalue weighted by Crippen LogP contribution is -2.15. The van der Waals surface area contributed by atoms with Crippen LogP contribution >= 0.6 is 0 Å². The molecule has 3 nitrogen and oxygen atoms in total. The molecule has 1 aromatic heterocycles. The third-order valence-electron chi connectivity index (χ3n) is 3.82. The first kappa shape index (κ1) is 16.2. The Labute approximate surface area is 118 Å². The van der Waals surface area contributed by atoms with Crippen molar-refractivity contribution in [3.63, 3.8) is 0 Å². The van der Waals surface area contributed by atoms with E-state index in [4.69, 9.17) is 0 Å². The van der Waals surface area contributed by atoms with Crippen LogP contribution in [0.3, 0.4) is 0 Å². The van der Waals surface area contributed by atoms with Gasteiger partial charge < -0.3 is 5.32 Å². The molecule has 0 aromatic carbocycles. The zero-order valence-corrected chi connectivity index (χ0v) is 13.0. The van der Waals surface area contributed by atoms with E-state index in [0.29, 0.717) is 6.04 Å². The smallest absolute Gasteiger partial charge is 0.0537 e. The SMILES string of the molecule is CCCCCCCCCCC(NC)c1cnn(C)c1. The number of hydrogen-bond acceptors (Lipinski definition) is 2. The molecule has 1 unspecified atom stereocenters. The molecular formula is C16H31N3. The van der Waals surface area contributed by atoms with Crippen LogP contribution in [0.5, 0.6) is 0 Å². The number of rotatable bonds is 11. The standard InChI is InChI=1S/C16H31N3/c1-4-5-6-7-8-9-10-11-12-16(17-2)15-13-18-19(3)14-15/h13-14,16-17H,4-12H2,1-3H3. The van der Waals surface area contributed by atoms with Gasteiger partial charge in [-0.15, -0.1) is 0 Å². The van der Waals surface area contributed by atoms with Gasteiger partial charge in [-0.1, -0.05) is 58.3 Å². The maximum atomic E-state index is 4.25. The largest absolute Gasteiger partial charge is 0.313 e. The maximum absolute atomic E-state index is 4.25. The average Bonchev–Trinajstić information content (AvgIpc) is 2.83. The number of nitrogens with zero attached hydrogens (tertiary/aromatic N) is 2. The Kier molecular flexibility index (Phi) is 8.55. The van der Waals surface area contributed by atoms with Gasteiger partial charge in [0.1, 0.15) is 0 Å². The van der Waals surface area contributed by atoms with Gasteiger partial charge in [-0.05, 0) is 13.5 Å². The molecule has 110 valence electrons. The maximum Gasteiger partial charge on any atom is 0.0537 e. The fourth-order valence-electron chi connectivity index (χ4n) is 2.58. The van der Waals surface area contributed by atoms with E-state index < -0.39 is 0 Å². The molecule has 1 rings (SSSR count). The molecule has 0 amide bonds. The lowest BCUT2D eigenvalue weighted by Gasteiger charge is -2.14. The summed E-state index contributed by atoms with van der Waals surface area (Å²) in [6, 6.07) is 0.466. The van der Waals surface area contributed by atoms with Gasteiger partial charge >= 0.3 is 0 Å². The van der Waals surface area contributed by atoms with Crippen LogP contribution in [0.15, 0.2) is 12.4 Å². The monoisotopic (exact) mass is 265 g/mol. The molecular weight excluding hydrogens is 234 g/mol. The van der Waals surface area contributed by atoms with Crippen molar-refractivity contribution < 1.29 is 0 Å². The van der Waals surface area contributed by atoms with E-state index in [0.717, 1.165) is 0 Å². The summed E-state index contributed by atoms with van der Waals surface area (Å²) in [4.78, 5) is 0. The third-order valence-corrected chi connectivity index (χ3v) is 3.82. The van der Waals surface area contributed by atoms with Crippen LogP contribution in [0.4, 0.5) is 0 Å². The van der Waals surface area contributed by atoms with Gasteiger partial charge in [-0.2, -0.15) is 5.10 Å². The highest BCUT2D eigenvalue weighted by molar-refractivity contribution is 5.09. The van der Waals surface area contributed by atoms with Crippen LogP contribution in [0, 0.1) is 0 Å². The molecule has 0 fully saturated rings. The zero-order chi connectivity index (χ0) is 13.9. The Balaban J connectivity index is 2.07. The van der Waals surface area contributed by atoms with Crippen molar-refractivity contribution in [2.75, 3.05) is 7.05 Å². The van der Waals surface area contributed by atoms with Crippen molar-refractivity contribution in [1.82, 2.24) is 15.1 Å². The van der Waals surface area contributed by atoms with Crippen LogP contribution in [-0.2, 0) is 7.05 Å². The van der Waals surface area contributed by atoms with Gasteiger partial charge in [0.2, 0.25) is 0 Å². The van der Waals surface area contributed by atoms with Crippen molar-refractivity contribution in [2.45, 2.75) is 70.8 Å². The second-order valence-electron chi connectivity index (χ2n) is 5.55. The molecule has 0 spiro atoms. The predicted octanol–water partition coefficient (Wildman–Crippen LogP) is 4.21. The normalized spacial score (nSPS) is 12.8. The highest BCUT2D eigenvalue weighted by Gasteiger charge is 2.10. The second kappa shape index (κ2) is 10.0. The summed E-state index contributed by atoms with van der Waals surface area (Å²) in [5, 5.41) is 7.65. The van der Waals surface area contributed by atoms with Gasteiger partial charge in [0, 0.05) is 24.8 Å². The number of aryl methyl sites for hydroxylation is 1. The van der Waals surface area contributed by atoms with Gasteiger partial charge in [0.15, 0.2) is 0 Å². The summed E-state index contributed by atoms with van der Waals surface area (Å²) in [5.41, 5.74) is 1.31. The zero-order valence-electron chi connectivity index (χ0n) is 13.0. The Morgan fingerprint density at radius 3 is 2.26 bits per heavy atom. The first-order valence-electron chi connectivity index (χ1n) is 7.93. The summed E-state index contributed by atoms with van der Waals surface area (Å²) in [5.74, 6) is 0. The van der Waals surface area contributed by atoms with Crippen LogP contribution in [0.25, 0.3) is 0 Å². The first-order valence-corrected chi connectivity index (χ1v) is 7.93. The van der Waals surface area contributed by atoms with Gasteiger partial charge in [0.25, 0.3) is 0 Å². The summed E-state index contributed by atoms with van der Waals surface area (Å²) in [7, 11) is 4.02. The summed E-state index contributed by atoms with van der Waals surface area (Å²) < 4.78 is 1.88. The number of aromatic nitrogens is 2. The van der Waals surface area contributed by atoms with E-state index in [-0.39, 0.29) is 0 Å². The highest BCUT2D eigenvalue weighted by atomic mass is 15.2. The molecule has 1 N–H and O–H groups in total. The van der Waals surface area contributed by atoms with Crippen molar-refractivity contribution >= 4 is 0 Å². The topological polar surface area (TPSA) is 29.9 Å². The Morgan fingerprint density at radius 2 is 1.74 bits per heavy atom. The number of nitrogens with one attached hydrogen (secondary N) is 1. The minimum atomic E-state index is 0.466. The van der Waals surface area contributed by atoms with E-state index in [1.54, 1.807) is 0 Å². The van der Waals surface area contributed by atoms with Gasteiger partial charge in [-0.3, -0.25) is 4.68 Å². The summed E-state index contributed by atoms with van der Waals surface area (Å²) in [6.07, 6.45) is 16.4. The predicted molar refractivity (Wildman–Crippen MR) is 82.2 cm³/mol. The van der Waals surface area contributed by atoms with Crippen LogP contribution in [0.2, 0.25) is 0 Å². The minimum absolute atomic E-state index is 0.466. The van der Waals surface area contributed by atoms with Crippen LogP contribution < -0.4 is 5.32 Å². The molecule has 1 aromatic rings. The molecule has 1 heterocycles. The quantitative estimate of drug-likeness (QED) is 0.607. The fraction of sp³-hybridized carbons (Fsp3) is 0.812. The molecule has 0 bridgehead atoms. The van der Waals surface area contributed by atoms with Crippen molar-refractivity contribution in [3.05, 3.63) is 18.0 Å². The highest BCUT2D eigenvalue weighted by Crippen LogP contribution is 2.19. The van der Waals surface area contributed by atoms with E-state index in [9.17, 15) is 0 Å². The van der Waals surface area contributed by atoms with Crippen LogP contribution in [0.1, 0.15) is 76.3 Å². The molecule has 0 saturated carbocycles. The second-order valence-corrected chi connectivity index (χ2v) is 5.55. The molecule has 0 aliphatic carbocycles. The molecule has 0 aliphatic heterocycles. The summed E-state index contributed by atoms with van der Waals surface area (Å²) in [6.45, 7) is 2.27. The van der Waals surface area contributed by atoms with Gasteiger partial charge in [0.05, 0.1) is 6.20 Å². The summed E-state index contributed by atoms with van der Waals surface area (Å²) >= 11 is 0. The number of hydrogen-bond donors (Lipinski definition) is 1. The lowest BCUT2D eigenvalue weighted by molar-refractivity contribution is 0.494. The minimum Gasteiger partial charge on any atom is -0.313 e.